The molecule has 2 rings (SSSR count). The molecule has 1 heterocycles. The van der Waals surface area contributed by atoms with Crippen LogP contribution in [0.1, 0.15) is 16.8 Å². The number of carbonyl (C=O) groups excluding carboxylic acids is 2. The lowest BCUT2D eigenvalue weighted by molar-refractivity contribution is -0.143. The highest BCUT2D eigenvalue weighted by atomic mass is 16.6. The normalized spacial score (nSPS) is 17.8. The molecule has 6 nitrogen and oxygen atoms in total. The van der Waals surface area contributed by atoms with Crippen molar-refractivity contribution < 1.29 is 23.8 Å². The first-order valence-electron chi connectivity index (χ1n) is 5.88. The lowest BCUT2D eigenvalue weighted by Gasteiger charge is -2.12. The average molecular weight is 265 g/mol. The quantitative estimate of drug-likeness (QED) is 0.813. The van der Waals surface area contributed by atoms with Gasteiger partial charge in [0.25, 0.3) is 5.91 Å². The van der Waals surface area contributed by atoms with E-state index in [0.29, 0.717) is 30.1 Å². The summed E-state index contributed by atoms with van der Waals surface area (Å²) in [5.74, 6) is 0.256. The van der Waals surface area contributed by atoms with E-state index in [0.717, 1.165) is 0 Å². The molecule has 1 atom stereocenters. The van der Waals surface area contributed by atoms with E-state index in [-0.39, 0.29) is 11.9 Å². The van der Waals surface area contributed by atoms with Gasteiger partial charge < -0.3 is 19.5 Å². The summed E-state index contributed by atoms with van der Waals surface area (Å²) in [6.07, 6.45) is -0.115. The van der Waals surface area contributed by atoms with Gasteiger partial charge in [-0.05, 0) is 12.1 Å². The monoisotopic (exact) mass is 265 g/mol. The number of ether oxygens (including phenoxy) is 3. The van der Waals surface area contributed by atoms with Gasteiger partial charge in [-0.15, -0.1) is 0 Å². The predicted octanol–water partition coefficient (Wildman–Crippen LogP) is 0.749. The molecule has 0 bridgehead atoms. The van der Waals surface area contributed by atoms with Crippen LogP contribution in [0.3, 0.4) is 0 Å². The molecule has 0 spiro atoms. The van der Waals surface area contributed by atoms with Crippen LogP contribution in [-0.2, 0) is 9.53 Å². The van der Waals surface area contributed by atoms with Crippen LogP contribution in [0.4, 0.5) is 0 Å². The van der Waals surface area contributed by atoms with Gasteiger partial charge in [-0.2, -0.15) is 0 Å². The molecule has 0 aromatic heterocycles. The van der Waals surface area contributed by atoms with E-state index in [1.54, 1.807) is 18.2 Å². The SMILES string of the molecule is CNC(=O)c1cc(OC)cc(OC2CCOC2=O)c1. The average Bonchev–Trinajstić information content (AvgIpc) is 2.83. The van der Waals surface area contributed by atoms with Gasteiger partial charge >= 0.3 is 5.97 Å². The first-order chi connectivity index (χ1) is 9.13. The third kappa shape index (κ3) is 2.96. The Hall–Kier alpha value is -2.24. The number of benzene rings is 1. The molecular formula is C13H15NO5. The molecule has 0 radical (unpaired) electrons. The summed E-state index contributed by atoms with van der Waals surface area (Å²) in [6.45, 7) is 0.357. The molecule has 0 saturated carbocycles. The van der Waals surface area contributed by atoms with E-state index in [1.807, 2.05) is 0 Å². The second-order valence-corrected chi connectivity index (χ2v) is 4.04. The lowest BCUT2D eigenvalue weighted by Crippen LogP contribution is -2.22. The van der Waals surface area contributed by atoms with Crippen molar-refractivity contribution in [2.24, 2.45) is 0 Å². The molecule has 1 fully saturated rings. The maximum Gasteiger partial charge on any atom is 0.347 e. The van der Waals surface area contributed by atoms with Gasteiger partial charge in [0.05, 0.1) is 13.7 Å². The predicted molar refractivity (Wildman–Crippen MR) is 66.4 cm³/mol. The van der Waals surface area contributed by atoms with E-state index in [1.165, 1.54) is 14.2 Å². The van der Waals surface area contributed by atoms with Crippen LogP contribution in [0.25, 0.3) is 0 Å². The van der Waals surface area contributed by atoms with Crippen LogP contribution in [-0.4, -0.2) is 38.7 Å². The summed E-state index contributed by atoms with van der Waals surface area (Å²) in [5.41, 5.74) is 0.406. The zero-order valence-electron chi connectivity index (χ0n) is 10.8. The Morgan fingerprint density at radius 1 is 1.37 bits per heavy atom. The highest BCUT2D eigenvalue weighted by Crippen LogP contribution is 2.25. The fraction of sp³-hybridized carbons (Fsp3) is 0.385. The number of esters is 1. The molecule has 1 unspecified atom stereocenters. The van der Waals surface area contributed by atoms with Crippen LogP contribution in [0.5, 0.6) is 11.5 Å². The van der Waals surface area contributed by atoms with E-state index in [9.17, 15) is 9.59 Å². The highest BCUT2D eigenvalue weighted by molar-refractivity contribution is 5.94. The third-order valence-electron chi connectivity index (χ3n) is 2.77. The summed E-state index contributed by atoms with van der Waals surface area (Å²) in [7, 11) is 3.03. The maximum absolute atomic E-state index is 11.6. The van der Waals surface area contributed by atoms with Crippen molar-refractivity contribution in [3.8, 4) is 11.5 Å². The van der Waals surface area contributed by atoms with Crippen LogP contribution in [0.2, 0.25) is 0 Å². The zero-order valence-corrected chi connectivity index (χ0v) is 10.8. The fourth-order valence-corrected chi connectivity index (χ4v) is 1.78. The molecular weight excluding hydrogens is 250 g/mol. The Kier molecular flexibility index (Phi) is 3.89. The van der Waals surface area contributed by atoms with Gasteiger partial charge in [0, 0.05) is 25.1 Å². The summed E-state index contributed by atoms with van der Waals surface area (Å²) in [6, 6.07) is 4.78. The van der Waals surface area contributed by atoms with Crippen molar-refractivity contribution in [2.75, 3.05) is 20.8 Å². The van der Waals surface area contributed by atoms with Crippen LogP contribution >= 0.6 is 0 Å². The van der Waals surface area contributed by atoms with E-state index in [4.69, 9.17) is 14.2 Å². The Labute approximate surface area is 110 Å². The van der Waals surface area contributed by atoms with Gasteiger partial charge in [0.1, 0.15) is 11.5 Å². The number of hydrogen-bond donors (Lipinski definition) is 1. The minimum Gasteiger partial charge on any atom is -0.497 e. The lowest BCUT2D eigenvalue weighted by atomic mass is 10.2. The minimum atomic E-state index is -0.621. The molecule has 1 aromatic carbocycles. The zero-order chi connectivity index (χ0) is 13.8. The van der Waals surface area contributed by atoms with Crippen LogP contribution in [0, 0.1) is 0 Å². The first kappa shape index (κ1) is 13.2. The molecule has 1 aromatic rings. The Bertz CT molecular complexity index is 500. The number of nitrogens with one attached hydrogen (secondary N) is 1. The second-order valence-electron chi connectivity index (χ2n) is 4.04. The van der Waals surface area contributed by atoms with Crippen molar-refractivity contribution >= 4 is 11.9 Å². The number of rotatable bonds is 4. The first-order valence-corrected chi connectivity index (χ1v) is 5.88. The number of cyclic esters (lactones) is 1. The molecule has 6 heteroatoms. The topological polar surface area (TPSA) is 73.9 Å². The van der Waals surface area contributed by atoms with Crippen molar-refractivity contribution in [3.05, 3.63) is 23.8 Å². The van der Waals surface area contributed by atoms with Crippen molar-refractivity contribution in [1.82, 2.24) is 5.32 Å². The van der Waals surface area contributed by atoms with E-state index < -0.39 is 6.10 Å². The molecule has 1 aliphatic rings. The second kappa shape index (κ2) is 5.60. The molecule has 0 aliphatic carbocycles. The molecule has 1 saturated heterocycles. The van der Waals surface area contributed by atoms with Crippen molar-refractivity contribution in [1.29, 1.82) is 0 Å². The maximum atomic E-state index is 11.6. The standard InChI is InChI=1S/C13H15NO5/c1-14-12(15)8-5-9(17-2)7-10(6-8)19-11-3-4-18-13(11)16/h5-7,11H,3-4H2,1-2H3,(H,14,15). The van der Waals surface area contributed by atoms with Crippen molar-refractivity contribution in [2.45, 2.75) is 12.5 Å². The highest BCUT2D eigenvalue weighted by Gasteiger charge is 2.28. The molecule has 1 aliphatic heterocycles. The number of amides is 1. The number of hydrogen-bond acceptors (Lipinski definition) is 5. The van der Waals surface area contributed by atoms with Crippen molar-refractivity contribution in [3.63, 3.8) is 0 Å². The van der Waals surface area contributed by atoms with E-state index >= 15 is 0 Å². The fourth-order valence-electron chi connectivity index (χ4n) is 1.78. The summed E-state index contributed by atoms with van der Waals surface area (Å²) in [4.78, 5) is 23.0. The number of methoxy groups -OCH3 is 1. The van der Waals surface area contributed by atoms with Gasteiger partial charge in [-0.25, -0.2) is 4.79 Å². The summed E-state index contributed by atoms with van der Waals surface area (Å²) < 4.78 is 15.5. The Balaban J connectivity index is 2.23. The van der Waals surface area contributed by atoms with Crippen LogP contribution in [0.15, 0.2) is 18.2 Å². The summed E-state index contributed by atoms with van der Waals surface area (Å²) >= 11 is 0. The van der Waals surface area contributed by atoms with Gasteiger partial charge in [0.2, 0.25) is 0 Å². The Morgan fingerprint density at radius 2 is 2.11 bits per heavy atom. The van der Waals surface area contributed by atoms with Crippen LogP contribution < -0.4 is 14.8 Å². The molecule has 19 heavy (non-hydrogen) atoms. The summed E-state index contributed by atoms with van der Waals surface area (Å²) in [5, 5.41) is 2.52. The minimum absolute atomic E-state index is 0.252. The third-order valence-corrected chi connectivity index (χ3v) is 2.77. The van der Waals surface area contributed by atoms with E-state index in [2.05, 4.69) is 5.32 Å². The van der Waals surface area contributed by atoms with Gasteiger partial charge in [0.15, 0.2) is 6.10 Å². The molecule has 1 amide bonds. The number of carbonyl (C=O) groups is 2. The van der Waals surface area contributed by atoms with Gasteiger partial charge in [-0.3, -0.25) is 4.79 Å². The smallest absolute Gasteiger partial charge is 0.347 e. The Morgan fingerprint density at radius 3 is 2.68 bits per heavy atom. The largest absolute Gasteiger partial charge is 0.497 e. The molecule has 1 N–H and O–H groups in total. The molecule has 102 valence electrons. The van der Waals surface area contributed by atoms with Gasteiger partial charge in [-0.1, -0.05) is 0 Å².